The molecule has 1 nitrogen and oxygen atoms in total. The number of carbonyl (C=O) groups excluding carboxylic acids is 1. The Bertz CT molecular complexity index is 425. The first-order valence-corrected chi connectivity index (χ1v) is 7.05. The van der Waals surface area contributed by atoms with Crippen LogP contribution in [0.1, 0.15) is 44.6 Å². The van der Waals surface area contributed by atoms with Gasteiger partial charge in [0.2, 0.25) is 0 Å². The lowest BCUT2D eigenvalue weighted by molar-refractivity contribution is -0.114. The van der Waals surface area contributed by atoms with Crippen molar-refractivity contribution in [2.24, 2.45) is 0 Å². The number of rotatable bonds is 7. The summed E-state index contributed by atoms with van der Waals surface area (Å²) < 4.78 is 0. The molecule has 0 aliphatic rings. The van der Waals surface area contributed by atoms with Crippen molar-refractivity contribution in [3.63, 3.8) is 0 Å². The van der Waals surface area contributed by atoms with E-state index < -0.39 is 0 Å². The third-order valence-corrected chi connectivity index (χ3v) is 3.42. The van der Waals surface area contributed by atoms with Crippen LogP contribution in [-0.2, 0) is 4.79 Å². The number of allylic oxidation sites excluding steroid dienone is 1. The van der Waals surface area contributed by atoms with E-state index in [-0.39, 0.29) is 5.78 Å². The van der Waals surface area contributed by atoms with Crippen LogP contribution in [0, 0.1) is 0 Å². The van der Waals surface area contributed by atoms with Crippen molar-refractivity contribution in [3.05, 3.63) is 39.9 Å². The molecule has 0 bridgehead atoms. The Hall–Kier alpha value is -0.790. The number of halogens is 2. The summed E-state index contributed by atoms with van der Waals surface area (Å²) in [6, 6.07) is 5.33. The highest BCUT2D eigenvalue weighted by Crippen LogP contribution is 2.23. The van der Waals surface area contributed by atoms with Gasteiger partial charge in [-0.15, -0.1) is 0 Å². The molecule has 1 rings (SSSR count). The standard InChI is InChI=1S/C15H18Cl2O/c1-2-3-4-5-6-13(18)9-7-12-8-10-14(16)15(17)11-12/h7-11H,2-6H2,1H3/b9-7-. The molecule has 0 aromatic heterocycles. The fraction of sp³-hybridized carbons (Fsp3) is 0.400. The smallest absolute Gasteiger partial charge is 0.155 e. The van der Waals surface area contributed by atoms with Gasteiger partial charge in [0.05, 0.1) is 10.0 Å². The zero-order chi connectivity index (χ0) is 13.4. The first-order valence-electron chi connectivity index (χ1n) is 6.29. The quantitative estimate of drug-likeness (QED) is 0.474. The number of hydrogen-bond acceptors (Lipinski definition) is 1. The molecule has 0 aliphatic carbocycles. The zero-order valence-corrected chi connectivity index (χ0v) is 12.1. The molecule has 18 heavy (non-hydrogen) atoms. The van der Waals surface area contributed by atoms with E-state index in [4.69, 9.17) is 23.2 Å². The maximum absolute atomic E-state index is 11.6. The average molecular weight is 285 g/mol. The van der Waals surface area contributed by atoms with Crippen molar-refractivity contribution < 1.29 is 4.79 Å². The molecule has 0 spiro atoms. The summed E-state index contributed by atoms with van der Waals surface area (Å²) >= 11 is 11.7. The molecule has 0 N–H and O–H groups in total. The molecule has 0 heterocycles. The molecule has 1 aromatic rings. The van der Waals surface area contributed by atoms with E-state index in [1.165, 1.54) is 12.8 Å². The Balaban J connectivity index is 2.43. The molecule has 0 radical (unpaired) electrons. The third-order valence-electron chi connectivity index (χ3n) is 2.68. The predicted octanol–water partition coefficient (Wildman–Crippen LogP) is 5.55. The molecule has 3 heteroatoms. The van der Waals surface area contributed by atoms with Gasteiger partial charge < -0.3 is 0 Å². The lowest BCUT2D eigenvalue weighted by atomic mass is 10.1. The SMILES string of the molecule is CCCCCCC(=O)/C=C\c1ccc(Cl)c(Cl)c1. The summed E-state index contributed by atoms with van der Waals surface area (Å²) in [5.41, 5.74) is 0.895. The highest BCUT2D eigenvalue weighted by atomic mass is 35.5. The van der Waals surface area contributed by atoms with Gasteiger partial charge >= 0.3 is 0 Å². The van der Waals surface area contributed by atoms with E-state index in [1.54, 1.807) is 24.3 Å². The second-order valence-corrected chi connectivity index (χ2v) is 5.10. The molecular formula is C15H18Cl2O. The summed E-state index contributed by atoms with van der Waals surface area (Å²) in [6.45, 7) is 2.16. The molecule has 0 fully saturated rings. The van der Waals surface area contributed by atoms with Crippen molar-refractivity contribution in [2.45, 2.75) is 39.0 Å². The largest absolute Gasteiger partial charge is 0.295 e. The Labute approximate surface area is 119 Å². The minimum Gasteiger partial charge on any atom is -0.295 e. The van der Waals surface area contributed by atoms with Crippen molar-refractivity contribution in [1.29, 1.82) is 0 Å². The summed E-state index contributed by atoms with van der Waals surface area (Å²) in [5, 5.41) is 1.04. The normalized spacial score (nSPS) is 11.1. The van der Waals surface area contributed by atoms with Crippen LogP contribution < -0.4 is 0 Å². The molecule has 0 aliphatic heterocycles. The average Bonchev–Trinajstić information content (AvgIpc) is 2.36. The van der Waals surface area contributed by atoms with E-state index in [1.807, 2.05) is 6.07 Å². The van der Waals surface area contributed by atoms with Crippen LogP contribution in [0.3, 0.4) is 0 Å². The van der Waals surface area contributed by atoms with Crippen LogP contribution in [0.2, 0.25) is 10.0 Å². The first kappa shape index (κ1) is 15.3. The monoisotopic (exact) mass is 284 g/mol. The highest BCUT2D eigenvalue weighted by Gasteiger charge is 1.99. The maximum Gasteiger partial charge on any atom is 0.155 e. The topological polar surface area (TPSA) is 17.1 Å². The molecule has 0 saturated carbocycles. The van der Waals surface area contributed by atoms with Crippen LogP contribution in [0.15, 0.2) is 24.3 Å². The molecule has 0 atom stereocenters. The molecule has 1 aromatic carbocycles. The number of benzene rings is 1. The van der Waals surface area contributed by atoms with Crippen LogP contribution >= 0.6 is 23.2 Å². The molecular weight excluding hydrogens is 267 g/mol. The van der Waals surface area contributed by atoms with Crippen molar-refractivity contribution in [1.82, 2.24) is 0 Å². The Morgan fingerprint density at radius 3 is 2.61 bits per heavy atom. The zero-order valence-electron chi connectivity index (χ0n) is 10.6. The van der Waals surface area contributed by atoms with Gasteiger partial charge in [-0.2, -0.15) is 0 Å². The Kier molecular flexibility index (Phi) is 7.07. The van der Waals surface area contributed by atoms with E-state index in [0.29, 0.717) is 16.5 Å². The second kappa shape index (κ2) is 8.34. The number of unbranched alkanes of at least 4 members (excludes halogenated alkanes) is 3. The lowest BCUT2D eigenvalue weighted by Crippen LogP contribution is -1.92. The molecule has 0 saturated heterocycles. The number of ketones is 1. The predicted molar refractivity (Wildman–Crippen MR) is 79.3 cm³/mol. The first-order chi connectivity index (χ1) is 8.63. The Morgan fingerprint density at radius 1 is 1.17 bits per heavy atom. The van der Waals surface area contributed by atoms with Gasteiger partial charge in [-0.3, -0.25) is 4.79 Å². The Morgan fingerprint density at radius 2 is 1.94 bits per heavy atom. The van der Waals surface area contributed by atoms with Gasteiger partial charge in [0, 0.05) is 6.42 Å². The van der Waals surface area contributed by atoms with Crippen molar-refractivity contribution >= 4 is 35.1 Å². The number of hydrogen-bond donors (Lipinski definition) is 0. The van der Waals surface area contributed by atoms with Crippen LogP contribution in [-0.4, -0.2) is 5.78 Å². The van der Waals surface area contributed by atoms with Gasteiger partial charge in [0.25, 0.3) is 0 Å². The maximum atomic E-state index is 11.6. The van der Waals surface area contributed by atoms with Gasteiger partial charge in [-0.25, -0.2) is 0 Å². The van der Waals surface area contributed by atoms with E-state index >= 15 is 0 Å². The second-order valence-electron chi connectivity index (χ2n) is 4.28. The summed E-state index contributed by atoms with van der Waals surface area (Å²) in [5.74, 6) is 0.164. The fourth-order valence-corrected chi connectivity index (χ4v) is 1.92. The van der Waals surface area contributed by atoms with E-state index in [2.05, 4.69) is 6.92 Å². The lowest BCUT2D eigenvalue weighted by Gasteiger charge is -1.98. The van der Waals surface area contributed by atoms with Crippen LogP contribution in [0.5, 0.6) is 0 Å². The van der Waals surface area contributed by atoms with Gasteiger partial charge in [0.15, 0.2) is 5.78 Å². The van der Waals surface area contributed by atoms with Crippen molar-refractivity contribution in [3.8, 4) is 0 Å². The van der Waals surface area contributed by atoms with Gasteiger partial charge in [0.1, 0.15) is 0 Å². The summed E-state index contributed by atoms with van der Waals surface area (Å²) in [6.07, 6.45) is 8.51. The fourth-order valence-electron chi connectivity index (χ4n) is 1.61. The van der Waals surface area contributed by atoms with Gasteiger partial charge in [-0.05, 0) is 30.2 Å². The minimum absolute atomic E-state index is 0.164. The summed E-state index contributed by atoms with van der Waals surface area (Å²) in [7, 11) is 0. The van der Waals surface area contributed by atoms with Crippen LogP contribution in [0.4, 0.5) is 0 Å². The number of carbonyl (C=O) groups is 1. The van der Waals surface area contributed by atoms with Crippen molar-refractivity contribution in [2.75, 3.05) is 0 Å². The highest BCUT2D eigenvalue weighted by molar-refractivity contribution is 6.42. The summed E-state index contributed by atoms with van der Waals surface area (Å²) in [4.78, 5) is 11.6. The van der Waals surface area contributed by atoms with Gasteiger partial charge in [-0.1, -0.05) is 61.5 Å². The van der Waals surface area contributed by atoms with Crippen LogP contribution in [0.25, 0.3) is 6.08 Å². The molecule has 98 valence electrons. The van der Waals surface area contributed by atoms with E-state index in [0.717, 1.165) is 18.4 Å². The van der Waals surface area contributed by atoms with E-state index in [9.17, 15) is 4.79 Å². The molecule has 0 unspecified atom stereocenters. The third kappa shape index (κ3) is 5.70. The molecule has 0 amide bonds. The minimum atomic E-state index is 0.164.